The summed E-state index contributed by atoms with van der Waals surface area (Å²) in [6.45, 7) is 6.17. The molecule has 1 aromatic carbocycles. The third kappa shape index (κ3) is 6.44. The molecule has 6 heteroatoms. The molecular weight excluding hydrogens is 336 g/mol. The normalized spacial score (nSPS) is 22.4. The molecule has 0 spiro atoms. The number of aryl methyl sites for hydroxylation is 1. The Kier molecular flexibility index (Phi) is 7.02. The van der Waals surface area contributed by atoms with Crippen LogP contribution in [0.3, 0.4) is 0 Å². The van der Waals surface area contributed by atoms with Crippen molar-refractivity contribution in [2.45, 2.75) is 65.0 Å². The van der Waals surface area contributed by atoms with Crippen LogP contribution >= 0.6 is 0 Å². The highest BCUT2D eigenvalue weighted by Crippen LogP contribution is 2.24. The van der Waals surface area contributed by atoms with Crippen molar-refractivity contribution in [1.29, 1.82) is 0 Å². The van der Waals surface area contributed by atoms with Gasteiger partial charge in [0.15, 0.2) is 0 Å². The van der Waals surface area contributed by atoms with E-state index in [4.69, 9.17) is 0 Å². The van der Waals surface area contributed by atoms with Gasteiger partial charge in [0, 0.05) is 6.04 Å². The van der Waals surface area contributed by atoms with E-state index in [1.54, 1.807) is 0 Å². The Bertz CT molecular complexity index is 662. The molecule has 2 rings (SSSR count). The summed E-state index contributed by atoms with van der Waals surface area (Å²) < 4.78 is 27.2. The number of benzene rings is 1. The van der Waals surface area contributed by atoms with Crippen LogP contribution in [-0.4, -0.2) is 26.1 Å². The number of rotatable bonds is 7. The number of carbonyl (C=O) groups excluding carboxylic acids is 1. The van der Waals surface area contributed by atoms with Gasteiger partial charge in [0.1, 0.15) is 5.75 Å². The second-order valence-corrected chi connectivity index (χ2v) is 9.03. The summed E-state index contributed by atoms with van der Waals surface area (Å²) in [7, 11) is -3.60. The summed E-state index contributed by atoms with van der Waals surface area (Å²) in [5, 5.41) is 2.84. The lowest BCUT2D eigenvalue weighted by Crippen LogP contribution is -2.43. The van der Waals surface area contributed by atoms with E-state index in [9.17, 15) is 13.2 Å². The molecule has 1 aliphatic carbocycles. The first-order chi connectivity index (χ1) is 11.8. The van der Waals surface area contributed by atoms with E-state index >= 15 is 0 Å². The monoisotopic (exact) mass is 366 g/mol. The van der Waals surface area contributed by atoms with Gasteiger partial charge in [-0.25, -0.2) is 13.1 Å². The SMILES string of the molecule is CCC(NC(=O)CS(=O)(=O)NC1CCC(C)CC1)c1ccc(C)cc1. The van der Waals surface area contributed by atoms with Gasteiger partial charge in [-0.15, -0.1) is 0 Å². The smallest absolute Gasteiger partial charge is 0.237 e. The Balaban J connectivity index is 1.89. The summed E-state index contributed by atoms with van der Waals surface area (Å²) in [4.78, 5) is 12.2. The van der Waals surface area contributed by atoms with Gasteiger partial charge in [-0.1, -0.05) is 43.7 Å². The minimum Gasteiger partial charge on any atom is -0.348 e. The minimum atomic E-state index is -3.60. The number of amides is 1. The molecule has 1 amide bonds. The maximum atomic E-state index is 12.3. The summed E-state index contributed by atoms with van der Waals surface area (Å²) in [5.74, 6) is -0.311. The fraction of sp³-hybridized carbons (Fsp3) is 0.632. The van der Waals surface area contributed by atoms with Crippen molar-refractivity contribution in [3.8, 4) is 0 Å². The van der Waals surface area contributed by atoms with E-state index < -0.39 is 21.7 Å². The first-order valence-corrected chi connectivity index (χ1v) is 10.8. The number of hydrogen-bond acceptors (Lipinski definition) is 3. The van der Waals surface area contributed by atoms with Gasteiger partial charge in [0.25, 0.3) is 0 Å². The fourth-order valence-corrected chi connectivity index (χ4v) is 4.56. The summed E-state index contributed by atoms with van der Waals surface area (Å²) in [6.07, 6.45) is 4.48. The average Bonchev–Trinajstić information content (AvgIpc) is 2.55. The van der Waals surface area contributed by atoms with Crippen LogP contribution in [0, 0.1) is 12.8 Å². The molecule has 0 heterocycles. The van der Waals surface area contributed by atoms with Crippen molar-refractivity contribution >= 4 is 15.9 Å². The molecule has 1 unspecified atom stereocenters. The quantitative estimate of drug-likeness (QED) is 0.779. The number of sulfonamides is 1. The molecule has 1 saturated carbocycles. The first-order valence-electron chi connectivity index (χ1n) is 9.15. The van der Waals surface area contributed by atoms with Gasteiger partial charge in [0.2, 0.25) is 15.9 Å². The average molecular weight is 367 g/mol. The molecular formula is C19H30N2O3S. The van der Waals surface area contributed by atoms with Crippen LogP contribution in [-0.2, 0) is 14.8 Å². The highest BCUT2D eigenvalue weighted by Gasteiger charge is 2.25. The van der Waals surface area contributed by atoms with Gasteiger partial charge in [-0.05, 0) is 50.5 Å². The molecule has 0 saturated heterocycles. The highest BCUT2D eigenvalue weighted by atomic mass is 32.2. The lowest BCUT2D eigenvalue weighted by atomic mass is 9.88. The van der Waals surface area contributed by atoms with Crippen molar-refractivity contribution in [1.82, 2.24) is 10.0 Å². The molecule has 0 bridgehead atoms. The van der Waals surface area contributed by atoms with Crippen molar-refractivity contribution in [2.75, 3.05) is 5.75 Å². The summed E-state index contributed by atoms with van der Waals surface area (Å²) in [6, 6.07) is 7.73. The van der Waals surface area contributed by atoms with Gasteiger partial charge in [-0.2, -0.15) is 0 Å². The maximum absolute atomic E-state index is 12.3. The van der Waals surface area contributed by atoms with Gasteiger partial charge < -0.3 is 5.32 Å². The molecule has 1 atom stereocenters. The Labute approximate surface area is 151 Å². The molecule has 0 aromatic heterocycles. The molecule has 25 heavy (non-hydrogen) atoms. The Morgan fingerprint density at radius 2 is 1.76 bits per heavy atom. The summed E-state index contributed by atoms with van der Waals surface area (Å²) >= 11 is 0. The van der Waals surface area contributed by atoms with E-state index in [2.05, 4.69) is 17.0 Å². The van der Waals surface area contributed by atoms with Crippen LogP contribution in [0.15, 0.2) is 24.3 Å². The first kappa shape index (κ1) is 19.9. The van der Waals surface area contributed by atoms with E-state index in [-0.39, 0.29) is 12.1 Å². The predicted octanol–water partition coefficient (Wildman–Crippen LogP) is 3.06. The van der Waals surface area contributed by atoms with Crippen molar-refractivity contribution in [3.05, 3.63) is 35.4 Å². The predicted molar refractivity (Wildman–Crippen MR) is 101 cm³/mol. The molecule has 1 aliphatic rings. The maximum Gasteiger partial charge on any atom is 0.237 e. The molecule has 0 radical (unpaired) electrons. The van der Waals surface area contributed by atoms with E-state index in [1.807, 2.05) is 38.1 Å². The largest absolute Gasteiger partial charge is 0.348 e. The Hall–Kier alpha value is -1.40. The van der Waals surface area contributed by atoms with Gasteiger partial charge in [-0.3, -0.25) is 4.79 Å². The lowest BCUT2D eigenvalue weighted by Gasteiger charge is -2.26. The van der Waals surface area contributed by atoms with Gasteiger partial charge >= 0.3 is 0 Å². The van der Waals surface area contributed by atoms with Crippen LogP contribution in [0.5, 0.6) is 0 Å². The zero-order chi connectivity index (χ0) is 18.4. The van der Waals surface area contributed by atoms with Crippen LogP contribution in [0.1, 0.15) is 63.1 Å². The van der Waals surface area contributed by atoms with E-state index in [0.29, 0.717) is 12.3 Å². The minimum absolute atomic E-state index is 0.0342. The number of carbonyl (C=O) groups is 1. The van der Waals surface area contributed by atoms with Crippen LogP contribution in [0.4, 0.5) is 0 Å². The van der Waals surface area contributed by atoms with Crippen LogP contribution < -0.4 is 10.0 Å². The van der Waals surface area contributed by atoms with Crippen molar-refractivity contribution in [2.24, 2.45) is 5.92 Å². The number of hydrogen-bond donors (Lipinski definition) is 2. The van der Waals surface area contributed by atoms with E-state index in [0.717, 1.165) is 36.8 Å². The van der Waals surface area contributed by atoms with Crippen molar-refractivity contribution in [3.63, 3.8) is 0 Å². The van der Waals surface area contributed by atoms with Crippen LogP contribution in [0.25, 0.3) is 0 Å². The molecule has 0 aliphatic heterocycles. The van der Waals surface area contributed by atoms with E-state index in [1.165, 1.54) is 0 Å². The number of nitrogens with one attached hydrogen (secondary N) is 2. The Morgan fingerprint density at radius 1 is 1.16 bits per heavy atom. The van der Waals surface area contributed by atoms with Crippen molar-refractivity contribution < 1.29 is 13.2 Å². The standard InChI is InChI=1S/C19H30N2O3S/c1-4-18(16-9-5-14(2)6-10-16)20-19(22)13-25(23,24)21-17-11-7-15(3)8-12-17/h5-6,9-10,15,17-18,21H,4,7-8,11-13H2,1-3H3,(H,20,22). The second kappa shape index (κ2) is 8.81. The van der Waals surface area contributed by atoms with Crippen LogP contribution in [0.2, 0.25) is 0 Å². The topological polar surface area (TPSA) is 75.3 Å². The molecule has 2 N–H and O–H groups in total. The zero-order valence-corrected chi connectivity index (χ0v) is 16.2. The second-order valence-electron chi connectivity index (χ2n) is 7.27. The molecule has 140 valence electrons. The third-order valence-corrected chi connectivity index (χ3v) is 6.24. The Morgan fingerprint density at radius 3 is 2.32 bits per heavy atom. The van der Waals surface area contributed by atoms with Gasteiger partial charge in [0.05, 0.1) is 6.04 Å². The molecule has 1 aromatic rings. The lowest BCUT2D eigenvalue weighted by molar-refractivity contribution is -0.119. The molecule has 5 nitrogen and oxygen atoms in total. The summed E-state index contributed by atoms with van der Waals surface area (Å²) in [5.41, 5.74) is 2.14. The zero-order valence-electron chi connectivity index (χ0n) is 15.4. The highest BCUT2D eigenvalue weighted by molar-refractivity contribution is 7.90. The third-order valence-electron chi connectivity index (χ3n) is 4.91. The fourth-order valence-electron chi connectivity index (χ4n) is 3.30. The molecule has 1 fully saturated rings.